The summed E-state index contributed by atoms with van der Waals surface area (Å²) in [6.07, 6.45) is 5.14. The lowest BCUT2D eigenvalue weighted by molar-refractivity contribution is 0.367. The van der Waals surface area contributed by atoms with Crippen LogP contribution in [0.5, 0.6) is 5.75 Å². The van der Waals surface area contributed by atoms with Crippen LogP contribution < -0.4 is 10.4 Å². The molecule has 0 radical (unpaired) electrons. The average molecular weight is 228 g/mol. The number of hydrogen-bond acceptors (Lipinski definition) is 3. The van der Waals surface area contributed by atoms with E-state index >= 15 is 0 Å². The topological polar surface area (TPSA) is 39.4 Å². The van der Waals surface area contributed by atoms with Crippen molar-refractivity contribution in [3.63, 3.8) is 0 Å². The molecule has 1 aromatic carbocycles. The lowest BCUT2D eigenvalue weighted by atomic mass is 10.1. The second-order valence-electron chi connectivity index (χ2n) is 3.81. The summed E-state index contributed by atoms with van der Waals surface area (Å²) in [5.74, 6) is 3.04. The lowest BCUT2D eigenvalue weighted by Gasteiger charge is -2.09. The number of fused-ring (bicyclic) bond motifs is 1. The van der Waals surface area contributed by atoms with Gasteiger partial charge in [0, 0.05) is 17.0 Å². The molecular weight excluding hydrogens is 216 g/mol. The maximum absolute atomic E-state index is 11.3. The van der Waals surface area contributed by atoms with Gasteiger partial charge in [0.1, 0.15) is 17.9 Å². The highest BCUT2D eigenvalue weighted by molar-refractivity contribution is 5.84. The predicted molar refractivity (Wildman–Crippen MR) is 66.3 cm³/mol. The molecule has 0 fully saturated rings. The summed E-state index contributed by atoms with van der Waals surface area (Å²) in [5.41, 5.74) is 1.89. The van der Waals surface area contributed by atoms with Crippen molar-refractivity contribution in [2.75, 3.05) is 6.61 Å². The van der Waals surface area contributed by atoms with E-state index in [1.54, 1.807) is 0 Å². The number of terminal acetylenes is 1. The molecule has 0 N–H and O–H groups in total. The minimum atomic E-state index is -0.354. The van der Waals surface area contributed by atoms with Crippen molar-refractivity contribution in [1.82, 2.24) is 0 Å². The van der Waals surface area contributed by atoms with Gasteiger partial charge in [0.15, 0.2) is 0 Å². The minimum Gasteiger partial charge on any atom is -0.481 e. The molecular formula is C14H12O3. The zero-order chi connectivity index (χ0) is 12.4. The predicted octanol–water partition coefficient (Wildman–Crippen LogP) is 2.42. The maximum Gasteiger partial charge on any atom is 0.336 e. The molecule has 0 bridgehead atoms. The molecule has 0 amide bonds. The third kappa shape index (κ3) is 2.02. The van der Waals surface area contributed by atoms with Gasteiger partial charge in [-0.25, -0.2) is 4.79 Å². The Morgan fingerprint density at radius 1 is 1.41 bits per heavy atom. The third-order valence-electron chi connectivity index (χ3n) is 2.63. The van der Waals surface area contributed by atoms with Gasteiger partial charge in [0.05, 0.1) is 0 Å². The van der Waals surface area contributed by atoms with Crippen molar-refractivity contribution >= 4 is 11.0 Å². The van der Waals surface area contributed by atoms with E-state index in [4.69, 9.17) is 15.6 Å². The Morgan fingerprint density at radius 2 is 2.18 bits per heavy atom. The molecule has 86 valence electrons. The van der Waals surface area contributed by atoms with E-state index in [0.717, 1.165) is 16.5 Å². The summed E-state index contributed by atoms with van der Waals surface area (Å²) in [6.45, 7) is 3.92. The number of hydrogen-bond donors (Lipinski definition) is 0. The molecule has 0 aliphatic heterocycles. The molecule has 0 unspecified atom stereocenters. The van der Waals surface area contributed by atoms with E-state index in [-0.39, 0.29) is 12.2 Å². The Bertz CT molecular complexity index is 659. The van der Waals surface area contributed by atoms with Crippen molar-refractivity contribution in [1.29, 1.82) is 0 Å². The first-order valence-electron chi connectivity index (χ1n) is 5.24. The van der Waals surface area contributed by atoms with Crippen LogP contribution in [-0.4, -0.2) is 6.61 Å². The second-order valence-corrected chi connectivity index (χ2v) is 3.81. The van der Waals surface area contributed by atoms with Crippen molar-refractivity contribution in [3.8, 4) is 18.1 Å². The molecule has 2 rings (SSSR count). The number of aryl methyl sites for hydroxylation is 2. The summed E-state index contributed by atoms with van der Waals surface area (Å²) >= 11 is 0. The van der Waals surface area contributed by atoms with Gasteiger partial charge in [0.2, 0.25) is 0 Å². The van der Waals surface area contributed by atoms with Crippen LogP contribution in [0.1, 0.15) is 11.1 Å². The first-order valence-corrected chi connectivity index (χ1v) is 5.24. The largest absolute Gasteiger partial charge is 0.481 e. The van der Waals surface area contributed by atoms with Crippen LogP contribution in [0.4, 0.5) is 0 Å². The van der Waals surface area contributed by atoms with Crippen molar-refractivity contribution in [3.05, 3.63) is 39.7 Å². The zero-order valence-corrected chi connectivity index (χ0v) is 9.74. The van der Waals surface area contributed by atoms with E-state index in [1.807, 2.05) is 26.0 Å². The summed E-state index contributed by atoms with van der Waals surface area (Å²) in [4.78, 5) is 11.3. The zero-order valence-electron chi connectivity index (χ0n) is 9.74. The Labute approximate surface area is 99.0 Å². The summed E-state index contributed by atoms with van der Waals surface area (Å²) in [7, 11) is 0. The SMILES string of the molecule is C#CCOc1ccc2c(C)cc(=O)oc2c1C. The van der Waals surface area contributed by atoms with Crippen LogP contribution in [0.25, 0.3) is 11.0 Å². The molecule has 0 atom stereocenters. The van der Waals surface area contributed by atoms with Gasteiger partial charge in [0.25, 0.3) is 0 Å². The molecule has 0 aliphatic carbocycles. The number of rotatable bonds is 2. The van der Waals surface area contributed by atoms with Crippen molar-refractivity contribution < 1.29 is 9.15 Å². The first kappa shape index (κ1) is 11.3. The highest BCUT2D eigenvalue weighted by atomic mass is 16.5. The first-order chi connectivity index (χ1) is 8.13. The van der Waals surface area contributed by atoms with Crippen LogP contribution in [0.3, 0.4) is 0 Å². The fourth-order valence-electron chi connectivity index (χ4n) is 1.78. The average Bonchev–Trinajstić information content (AvgIpc) is 2.29. The Morgan fingerprint density at radius 3 is 2.88 bits per heavy atom. The fourth-order valence-corrected chi connectivity index (χ4v) is 1.78. The van der Waals surface area contributed by atoms with E-state index < -0.39 is 0 Å². The smallest absolute Gasteiger partial charge is 0.336 e. The highest BCUT2D eigenvalue weighted by Crippen LogP contribution is 2.27. The number of benzene rings is 1. The minimum absolute atomic E-state index is 0.197. The highest BCUT2D eigenvalue weighted by Gasteiger charge is 2.09. The quantitative estimate of drug-likeness (QED) is 0.585. The second kappa shape index (κ2) is 4.34. The summed E-state index contributed by atoms with van der Waals surface area (Å²) < 4.78 is 10.6. The van der Waals surface area contributed by atoms with Gasteiger partial charge in [-0.3, -0.25) is 0 Å². The van der Waals surface area contributed by atoms with Crippen molar-refractivity contribution in [2.45, 2.75) is 13.8 Å². The molecule has 0 saturated heterocycles. The van der Waals surface area contributed by atoms with Gasteiger partial charge < -0.3 is 9.15 Å². The van der Waals surface area contributed by atoms with Crippen LogP contribution in [-0.2, 0) is 0 Å². The molecule has 3 heteroatoms. The monoisotopic (exact) mass is 228 g/mol. The molecule has 1 aromatic heterocycles. The third-order valence-corrected chi connectivity index (χ3v) is 2.63. The molecule has 17 heavy (non-hydrogen) atoms. The van der Waals surface area contributed by atoms with Crippen LogP contribution >= 0.6 is 0 Å². The Hall–Kier alpha value is -2.21. The normalized spacial score (nSPS) is 10.2. The Kier molecular flexibility index (Phi) is 2.88. The molecule has 2 aromatic rings. The molecule has 3 nitrogen and oxygen atoms in total. The van der Waals surface area contributed by atoms with Crippen LogP contribution in [0, 0.1) is 26.2 Å². The molecule has 1 heterocycles. The summed E-state index contributed by atoms with van der Waals surface area (Å²) in [6, 6.07) is 5.18. The van der Waals surface area contributed by atoms with Gasteiger partial charge in [-0.1, -0.05) is 5.92 Å². The van der Waals surface area contributed by atoms with Gasteiger partial charge in [-0.2, -0.15) is 0 Å². The van der Waals surface area contributed by atoms with Gasteiger partial charge >= 0.3 is 5.63 Å². The van der Waals surface area contributed by atoms with Gasteiger partial charge in [-0.15, -0.1) is 6.42 Å². The van der Waals surface area contributed by atoms with E-state index in [2.05, 4.69) is 5.92 Å². The molecule has 0 aliphatic rings. The van der Waals surface area contributed by atoms with Crippen LogP contribution in [0.2, 0.25) is 0 Å². The maximum atomic E-state index is 11.3. The Balaban J connectivity index is 2.67. The van der Waals surface area contributed by atoms with E-state index in [1.165, 1.54) is 6.07 Å². The van der Waals surface area contributed by atoms with Gasteiger partial charge in [-0.05, 0) is 31.5 Å². The molecule has 0 spiro atoms. The molecule has 0 saturated carbocycles. The fraction of sp³-hybridized carbons (Fsp3) is 0.214. The van der Waals surface area contributed by atoms with Crippen LogP contribution in [0.15, 0.2) is 27.4 Å². The summed E-state index contributed by atoms with van der Waals surface area (Å²) in [5, 5.41) is 0.912. The number of ether oxygens (including phenoxy) is 1. The van der Waals surface area contributed by atoms with Crippen molar-refractivity contribution in [2.24, 2.45) is 0 Å². The van der Waals surface area contributed by atoms with E-state index in [0.29, 0.717) is 11.3 Å². The lowest BCUT2D eigenvalue weighted by Crippen LogP contribution is -2.01. The van der Waals surface area contributed by atoms with E-state index in [9.17, 15) is 4.79 Å². The standard InChI is InChI=1S/C14H12O3/c1-4-7-16-12-6-5-11-9(2)8-13(15)17-14(11)10(12)3/h1,5-6,8H,7H2,2-3H3.